The van der Waals surface area contributed by atoms with Gasteiger partial charge >= 0.3 is 6.18 Å². The second kappa shape index (κ2) is 11.4. The largest absolute Gasteiger partial charge is 0.419 e. The van der Waals surface area contributed by atoms with Crippen LogP contribution in [-0.2, 0) is 22.3 Å². The molecular formula is C31H30F4N6O2. The SMILES string of the molecule is COC1CCN(Cc2cc3n(n2)C(c2ccc(C(F)(F)F)c(F)c2)C(C(=O)Nc2ccc4cnccc4c2)=C(C)N3)CC1. The molecule has 2 aliphatic rings. The molecule has 4 heterocycles. The van der Waals surface area contributed by atoms with Crippen molar-refractivity contribution in [3.05, 3.63) is 94.8 Å². The maximum Gasteiger partial charge on any atom is 0.419 e. The third kappa shape index (κ3) is 5.84. The fourth-order valence-electron chi connectivity index (χ4n) is 5.82. The van der Waals surface area contributed by atoms with Crippen molar-refractivity contribution >= 4 is 28.2 Å². The van der Waals surface area contributed by atoms with Gasteiger partial charge in [-0.2, -0.15) is 18.3 Å². The van der Waals surface area contributed by atoms with Gasteiger partial charge in [0.15, 0.2) is 0 Å². The highest BCUT2D eigenvalue weighted by molar-refractivity contribution is 6.06. The lowest BCUT2D eigenvalue weighted by Gasteiger charge is -2.30. The van der Waals surface area contributed by atoms with E-state index in [0.717, 1.165) is 42.8 Å². The average Bonchev–Trinajstić information content (AvgIpc) is 3.37. The van der Waals surface area contributed by atoms with Crippen molar-refractivity contribution in [2.24, 2.45) is 0 Å². The first-order valence-electron chi connectivity index (χ1n) is 13.9. The number of fused-ring (bicyclic) bond motifs is 2. The molecule has 1 atom stereocenters. The van der Waals surface area contributed by atoms with Crippen LogP contribution in [0.25, 0.3) is 10.8 Å². The van der Waals surface area contributed by atoms with Gasteiger partial charge in [-0.15, -0.1) is 0 Å². The summed E-state index contributed by atoms with van der Waals surface area (Å²) in [5, 5.41) is 12.7. The van der Waals surface area contributed by atoms with Gasteiger partial charge in [-0.3, -0.25) is 14.7 Å². The van der Waals surface area contributed by atoms with Crippen molar-refractivity contribution < 1.29 is 27.1 Å². The smallest absolute Gasteiger partial charge is 0.381 e. The molecule has 43 heavy (non-hydrogen) atoms. The zero-order valence-corrected chi connectivity index (χ0v) is 23.6. The molecule has 4 aromatic rings. The Hall–Kier alpha value is -4.29. The summed E-state index contributed by atoms with van der Waals surface area (Å²) in [6, 6.07) is 10.8. The molecule has 8 nitrogen and oxygen atoms in total. The Balaban J connectivity index is 1.36. The molecule has 0 saturated carbocycles. The summed E-state index contributed by atoms with van der Waals surface area (Å²) in [5.41, 5.74) is 0.715. The van der Waals surface area contributed by atoms with E-state index >= 15 is 0 Å². The van der Waals surface area contributed by atoms with Crippen molar-refractivity contribution in [3.63, 3.8) is 0 Å². The summed E-state index contributed by atoms with van der Waals surface area (Å²) in [4.78, 5) is 20.2. The average molecular weight is 595 g/mol. The lowest BCUT2D eigenvalue weighted by molar-refractivity contribution is -0.140. The molecule has 2 aromatic carbocycles. The quantitative estimate of drug-likeness (QED) is 0.262. The molecule has 12 heteroatoms. The van der Waals surface area contributed by atoms with Crippen molar-refractivity contribution in [3.8, 4) is 0 Å². The molecule has 0 bridgehead atoms. The summed E-state index contributed by atoms with van der Waals surface area (Å²) < 4.78 is 62.1. The molecule has 2 aliphatic heterocycles. The minimum Gasteiger partial charge on any atom is -0.381 e. The van der Waals surface area contributed by atoms with Crippen molar-refractivity contribution in [1.29, 1.82) is 0 Å². The number of rotatable bonds is 6. The molecular weight excluding hydrogens is 564 g/mol. The van der Waals surface area contributed by atoms with Crippen molar-refractivity contribution in [2.45, 2.75) is 44.6 Å². The summed E-state index contributed by atoms with van der Waals surface area (Å²) >= 11 is 0. The number of halogens is 4. The zero-order chi connectivity index (χ0) is 30.3. The van der Waals surface area contributed by atoms with E-state index in [4.69, 9.17) is 9.84 Å². The van der Waals surface area contributed by atoms with E-state index < -0.39 is 29.5 Å². The summed E-state index contributed by atoms with van der Waals surface area (Å²) in [5.74, 6) is -1.36. The van der Waals surface area contributed by atoms with E-state index in [0.29, 0.717) is 35.5 Å². The van der Waals surface area contributed by atoms with Crippen LogP contribution in [0.15, 0.2) is 72.2 Å². The normalized spacial score (nSPS) is 18.0. The van der Waals surface area contributed by atoms with E-state index in [1.165, 1.54) is 6.07 Å². The monoisotopic (exact) mass is 594 g/mol. The third-order valence-electron chi connectivity index (χ3n) is 8.03. The Morgan fingerprint density at radius 1 is 1.09 bits per heavy atom. The lowest BCUT2D eigenvalue weighted by Crippen LogP contribution is -2.36. The molecule has 6 rings (SSSR count). The van der Waals surface area contributed by atoms with Crippen LogP contribution in [0.3, 0.4) is 0 Å². The number of hydrogen-bond donors (Lipinski definition) is 2. The van der Waals surface area contributed by atoms with Gasteiger partial charge in [-0.1, -0.05) is 12.1 Å². The van der Waals surface area contributed by atoms with Crippen LogP contribution in [0.4, 0.5) is 29.1 Å². The highest BCUT2D eigenvalue weighted by Gasteiger charge is 2.37. The van der Waals surface area contributed by atoms with E-state index in [2.05, 4.69) is 20.5 Å². The summed E-state index contributed by atoms with van der Waals surface area (Å²) in [6.07, 6.45) is 0.522. The Morgan fingerprint density at radius 3 is 2.60 bits per heavy atom. The van der Waals surface area contributed by atoms with Gasteiger partial charge in [-0.05, 0) is 61.0 Å². The molecule has 224 valence electrons. The number of aromatic nitrogens is 3. The van der Waals surface area contributed by atoms with Crippen LogP contribution in [0, 0.1) is 5.82 Å². The fraction of sp³-hybridized carbons (Fsp3) is 0.323. The number of ether oxygens (including phenoxy) is 1. The first-order valence-corrected chi connectivity index (χ1v) is 13.9. The van der Waals surface area contributed by atoms with E-state index in [9.17, 15) is 22.4 Å². The van der Waals surface area contributed by atoms with Gasteiger partial charge in [0.1, 0.15) is 17.7 Å². The van der Waals surface area contributed by atoms with Gasteiger partial charge in [0, 0.05) is 62.0 Å². The topological polar surface area (TPSA) is 84.3 Å². The molecule has 0 spiro atoms. The molecule has 2 aromatic heterocycles. The lowest BCUT2D eigenvalue weighted by atomic mass is 9.93. The number of pyridine rings is 1. The number of methoxy groups -OCH3 is 1. The molecule has 2 N–H and O–H groups in total. The summed E-state index contributed by atoms with van der Waals surface area (Å²) in [6.45, 7) is 3.90. The summed E-state index contributed by atoms with van der Waals surface area (Å²) in [7, 11) is 1.71. The maximum absolute atomic E-state index is 14.9. The Morgan fingerprint density at radius 2 is 1.88 bits per heavy atom. The molecule has 1 fully saturated rings. The highest BCUT2D eigenvalue weighted by Crippen LogP contribution is 2.39. The van der Waals surface area contributed by atoms with Crippen LogP contribution in [0.5, 0.6) is 0 Å². The predicted octanol–water partition coefficient (Wildman–Crippen LogP) is 6.13. The molecule has 1 saturated heterocycles. The third-order valence-corrected chi connectivity index (χ3v) is 8.03. The standard InChI is InChI=1S/C31H30F4N6O2/c1-18-28(30(42)38-22-5-3-21-16-36-10-7-19(21)13-22)29(20-4-6-25(26(32)14-20)31(33,34)35)41-27(37-18)15-23(39-41)17-40-11-8-24(43-2)9-12-40/h3-7,10,13-16,24,29,37H,8-9,11-12,17H2,1-2H3,(H,38,42). The minimum atomic E-state index is -4.85. The van der Waals surface area contributed by atoms with Gasteiger partial charge in [0.25, 0.3) is 5.91 Å². The van der Waals surface area contributed by atoms with Crippen molar-refractivity contribution in [2.75, 3.05) is 30.8 Å². The number of alkyl halides is 3. The van der Waals surface area contributed by atoms with Gasteiger partial charge in [-0.25, -0.2) is 9.07 Å². The van der Waals surface area contributed by atoms with E-state index in [-0.39, 0.29) is 17.2 Å². The Kier molecular flexibility index (Phi) is 7.65. The minimum absolute atomic E-state index is 0.165. The number of carbonyl (C=O) groups excluding carboxylic acids is 1. The number of anilines is 2. The van der Waals surface area contributed by atoms with Gasteiger partial charge < -0.3 is 15.4 Å². The van der Waals surface area contributed by atoms with E-state index in [1.807, 2.05) is 18.2 Å². The van der Waals surface area contributed by atoms with Crippen LogP contribution in [-0.4, -0.2) is 51.9 Å². The van der Waals surface area contributed by atoms with Crippen molar-refractivity contribution in [1.82, 2.24) is 19.7 Å². The number of hydrogen-bond acceptors (Lipinski definition) is 6. The molecule has 0 aliphatic carbocycles. The van der Waals surface area contributed by atoms with Crippen LogP contribution in [0.1, 0.15) is 42.6 Å². The van der Waals surface area contributed by atoms with E-state index in [1.54, 1.807) is 43.2 Å². The second-order valence-electron chi connectivity index (χ2n) is 10.9. The molecule has 0 radical (unpaired) electrons. The number of carbonyl (C=O) groups is 1. The Labute approximate surface area is 245 Å². The number of piperidine rings is 1. The van der Waals surface area contributed by atoms with Crippen LogP contribution in [0.2, 0.25) is 0 Å². The van der Waals surface area contributed by atoms with Gasteiger partial charge in [0.05, 0.1) is 22.9 Å². The number of allylic oxidation sites excluding steroid dienone is 1. The van der Waals surface area contributed by atoms with Gasteiger partial charge in [0.2, 0.25) is 0 Å². The second-order valence-corrected chi connectivity index (χ2v) is 10.9. The predicted molar refractivity (Wildman–Crippen MR) is 154 cm³/mol. The Bertz CT molecular complexity index is 1710. The molecule has 1 amide bonds. The first kappa shape index (κ1) is 28.8. The number of benzene rings is 2. The number of likely N-dealkylation sites (tertiary alicyclic amines) is 1. The first-order chi connectivity index (χ1) is 20.6. The number of nitrogens with one attached hydrogen (secondary N) is 2. The maximum atomic E-state index is 14.9. The highest BCUT2D eigenvalue weighted by atomic mass is 19.4. The van der Waals surface area contributed by atoms with Crippen LogP contribution >= 0.6 is 0 Å². The molecule has 1 unspecified atom stereocenters. The fourth-order valence-corrected chi connectivity index (χ4v) is 5.82. The van der Waals surface area contributed by atoms with Crippen LogP contribution < -0.4 is 10.6 Å². The number of amides is 1. The number of nitrogens with zero attached hydrogens (tertiary/aromatic N) is 4. The zero-order valence-electron chi connectivity index (χ0n) is 23.6.